The van der Waals surface area contributed by atoms with Crippen molar-refractivity contribution in [3.63, 3.8) is 0 Å². The molecule has 0 saturated heterocycles. The molecule has 0 heterocycles. The number of aliphatic hydroxyl groups is 2. The van der Waals surface area contributed by atoms with Gasteiger partial charge in [0.05, 0.1) is 12.2 Å². The Morgan fingerprint density at radius 1 is 0.923 bits per heavy atom. The normalized spacial score (nSPS) is 15.7. The minimum atomic E-state index is -0.181. The molecule has 80 valence electrons. The van der Waals surface area contributed by atoms with Crippen LogP contribution in [-0.2, 0) is 0 Å². The fraction of sp³-hybridized carbons (Fsp3) is 1.00. The molecule has 3 heteroatoms. The van der Waals surface area contributed by atoms with Gasteiger partial charge in [0.25, 0.3) is 0 Å². The zero-order chi connectivity index (χ0) is 10.1. The molecule has 13 heavy (non-hydrogen) atoms. The summed E-state index contributed by atoms with van der Waals surface area (Å²) in [6, 6.07) is 0. The summed E-state index contributed by atoms with van der Waals surface area (Å²) in [5, 5.41) is 21.2. The van der Waals surface area contributed by atoms with Gasteiger partial charge in [-0.3, -0.25) is 0 Å². The molecular weight excluding hydrogens is 166 g/mol. The smallest absolute Gasteiger partial charge is 0.0512 e. The fourth-order valence-electron chi connectivity index (χ4n) is 1.17. The third kappa shape index (κ3) is 11.9. The number of hydrogen-bond donors (Lipinski definition) is 3. The summed E-state index contributed by atoms with van der Waals surface area (Å²) in [7, 11) is 0. The van der Waals surface area contributed by atoms with Gasteiger partial charge in [-0.25, -0.2) is 0 Å². The van der Waals surface area contributed by atoms with Crippen molar-refractivity contribution < 1.29 is 10.2 Å². The van der Waals surface area contributed by atoms with Crippen LogP contribution in [0.1, 0.15) is 39.5 Å². The molecule has 3 N–H and O–H groups in total. The maximum atomic E-state index is 8.97. The van der Waals surface area contributed by atoms with E-state index in [-0.39, 0.29) is 12.2 Å². The maximum Gasteiger partial charge on any atom is 0.0512 e. The summed E-state index contributed by atoms with van der Waals surface area (Å²) >= 11 is 0. The average molecular weight is 189 g/mol. The van der Waals surface area contributed by atoms with Crippen molar-refractivity contribution in [3.05, 3.63) is 0 Å². The van der Waals surface area contributed by atoms with E-state index in [2.05, 4.69) is 5.32 Å². The standard InChI is InChI=1S/C10H23NO2/c1-9(12)5-3-7-11-8-4-6-10(2)13/h9-13H,3-8H2,1-2H3. The topological polar surface area (TPSA) is 52.5 Å². The van der Waals surface area contributed by atoms with Crippen LogP contribution in [0.25, 0.3) is 0 Å². The predicted octanol–water partition coefficient (Wildman–Crippen LogP) is 0.898. The Morgan fingerprint density at radius 2 is 1.31 bits per heavy atom. The molecule has 0 bridgehead atoms. The zero-order valence-corrected chi connectivity index (χ0v) is 8.79. The van der Waals surface area contributed by atoms with Gasteiger partial charge < -0.3 is 15.5 Å². The molecule has 0 aromatic heterocycles. The summed E-state index contributed by atoms with van der Waals surface area (Å²) in [4.78, 5) is 0. The van der Waals surface area contributed by atoms with Crippen molar-refractivity contribution >= 4 is 0 Å². The van der Waals surface area contributed by atoms with Crippen LogP contribution < -0.4 is 5.32 Å². The summed E-state index contributed by atoms with van der Waals surface area (Å²) in [6.45, 7) is 5.55. The first-order valence-electron chi connectivity index (χ1n) is 5.19. The maximum absolute atomic E-state index is 8.97. The van der Waals surface area contributed by atoms with Gasteiger partial charge in [-0.15, -0.1) is 0 Å². The van der Waals surface area contributed by atoms with Crippen LogP contribution in [-0.4, -0.2) is 35.5 Å². The molecule has 2 atom stereocenters. The summed E-state index contributed by atoms with van der Waals surface area (Å²) in [6.07, 6.45) is 3.41. The van der Waals surface area contributed by atoms with Gasteiger partial charge in [0.1, 0.15) is 0 Å². The minimum absolute atomic E-state index is 0.181. The summed E-state index contributed by atoms with van der Waals surface area (Å²) < 4.78 is 0. The van der Waals surface area contributed by atoms with E-state index in [1.807, 2.05) is 13.8 Å². The van der Waals surface area contributed by atoms with Crippen LogP contribution in [0.5, 0.6) is 0 Å². The van der Waals surface area contributed by atoms with Gasteiger partial charge >= 0.3 is 0 Å². The van der Waals surface area contributed by atoms with Gasteiger partial charge in [-0.05, 0) is 52.6 Å². The van der Waals surface area contributed by atoms with Crippen molar-refractivity contribution in [3.8, 4) is 0 Å². The Morgan fingerprint density at radius 3 is 1.62 bits per heavy atom. The lowest BCUT2D eigenvalue weighted by Gasteiger charge is -2.07. The minimum Gasteiger partial charge on any atom is -0.393 e. The molecule has 0 radical (unpaired) electrons. The van der Waals surface area contributed by atoms with Crippen molar-refractivity contribution in [2.75, 3.05) is 13.1 Å². The fourth-order valence-corrected chi connectivity index (χ4v) is 1.17. The number of rotatable bonds is 8. The highest BCUT2D eigenvalue weighted by atomic mass is 16.3. The first-order valence-corrected chi connectivity index (χ1v) is 5.19. The van der Waals surface area contributed by atoms with E-state index in [9.17, 15) is 0 Å². The van der Waals surface area contributed by atoms with Gasteiger partial charge in [0, 0.05) is 0 Å². The Hall–Kier alpha value is -0.120. The second-order valence-electron chi connectivity index (χ2n) is 3.73. The molecule has 0 aromatic carbocycles. The van der Waals surface area contributed by atoms with Crippen LogP contribution in [0.2, 0.25) is 0 Å². The SMILES string of the molecule is CC(O)CCCNCCCC(C)O. The Labute approximate surface area is 81.2 Å². The third-order valence-corrected chi connectivity index (χ3v) is 1.95. The predicted molar refractivity (Wildman–Crippen MR) is 54.7 cm³/mol. The molecule has 2 unspecified atom stereocenters. The quantitative estimate of drug-likeness (QED) is 0.497. The molecule has 0 spiro atoms. The van der Waals surface area contributed by atoms with Gasteiger partial charge in [-0.1, -0.05) is 0 Å². The van der Waals surface area contributed by atoms with E-state index in [0.717, 1.165) is 38.8 Å². The van der Waals surface area contributed by atoms with Crippen molar-refractivity contribution in [1.29, 1.82) is 0 Å². The highest BCUT2D eigenvalue weighted by molar-refractivity contribution is 4.54. The molecule has 0 aliphatic carbocycles. The Balaban J connectivity index is 2.92. The number of nitrogens with one attached hydrogen (secondary N) is 1. The molecule has 0 aromatic rings. The largest absolute Gasteiger partial charge is 0.393 e. The lowest BCUT2D eigenvalue weighted by molar-refractivity contribution is 0.179. The highest BCUT2D eigenvalue weighted by Gasteiger charge is 1.96. The lowest BCUT2D eigenvalue weighted by Crippen LogP contribution is -2.19. The summed E-state index contributed by atoms with van der Waals surface area (Å²) in [5.74, 6) is 0. The van der Waals surface area contributed by atoms with Crippen LogP contribution in [0.15, 0.2) is 0 Å². The molecule has 0 aliphatic rings. The molecule has 0 saturated carbocycles. The van der Waals surface area contributed by atoms with E-state index in [1.54, 1.807) is 0 Å². The first-order chi connectivity index (χ1) is 6.13. The monoisotopic (exact) mass is 189 g/mol. The molecular formula is C10H23NO2. The van der Waals surface area contributed by atoms with Crippen LogP contribution in [0.3, 0.4) is 0 Å². The zero-order valence-electron chi connectivity index (χ0n) is 8.79. The second kappa shape index (κ2) is 8.48. The summed E-state index contributed by atoms with van der Waals surface area (Å²) in [5.41, 5.74) is 0. The second-order valence-corrected chi connectivity index (χ2v) is 3.73. The number of aliphatic hydroxyl groups excluding tert-OH is 2. The van der Waals surface area contributed by atoms with Gasteiger partial charge in [0.2, 0.25) is 0 Å². The molecule has 3 nitrogen and oxygen atoms in total. The lowest BCUT2D eigenvalue weighted by atomic mass is 10.2. The highest BCUT2D eigenvalue weighted by Crippen LogP contribution is 1.95. The van der Waals surface area contributed by atoms with E-state index >= 15 is 0 Å². The van der Waals surface area contributed by atoms with Crippen molar-refractivity contribution in [2.45, 2.75) is 51.7 Å². The van der Waals surface area contributed by atoms with Crippen LogP contribution in [0.4, 0.5) is 0 Å². The molecule has 0 amide bonds. The van der Waals surface area contributed by atoms with Crippen LogP contribution in [0, 0.1) is 0 Å². The van der Waals surface area contributed by atoms with Crippen molar-refractivity contribution in [1.82, 2.24) is 5.32 Å². The van der Waals surface area contributed by atoms with E-state index < -0.39 is 0 Å². The average Bonchev–Trinajstić information content (AvgIpc) is 2.01. The third-order valence-electron chi connectivity index (χ3n) is 1.95. The number of hydrogen-bond acceptors (Lipinski definition) is 3. The van der Waals surface area contributed by atoms with Gasteiger partial charge in [0.15, 0.2) is 0 Å². The van der Waals surface area contributed by atoms with Crippen LogP contribution >= 0.6 is 0 Å². The van der Waals surface area contributed by atoms with E-state index in [0.29, 0.717) is 0 Å². The molecule has 0 fully saturated rings. The van der Waals surface area contributed by atoms with E-state index in [1.165, 1.54) is 0 Å². The van der Waals surface area contributed by atoms with E-state index in [4.69, 9.17) is 10.2 Å². The Kier molecular flexibility index (Phi) is 8.40. The van der Waals surface area contributed by atoms with Gasteiger partial charge in [-0.2, -0.15) is 0 Å². The Bertz CT molecular complexity index is 93.1. The molecule has 0 rings (SSSR count). The first kappa shape index (κ1) is 12.9. The van der Waals surface area contributed by atoms with Crippen molar-refractivity contribution in [2.24, 2.45) is 0 Å². The molecule has 0 aliphatic heterocycles.